The van der Waals surface area contributed by atoms with Crippen molar-refractivity contribution >= 4 is 20.4 Å². The molecular formula is C13H16O6P+. The molecule has 108 valence electrons. The molecule has 1 aromatic rings. The minimum absolute atomic E-state index is 0.0257. The first-order chi connectivity index (χ1) is 9.54. The van der Waals surface area contributed by atoms with E-state index < -0.39 is 32.2 Å². The van der Waals surface area contributed by atoms with Crippen LogP contribution in [0.3, 0.4) is 0 Å². The van der Waals surface area contributed by atoms with Gasteiger partial charge in [-0.2, -0.15) is 0 Å². The largest absolute Gasteiger partial charge is 0.481 e. The highest BCUT2D eigenvalue weighted by Gasteiger charge is 2.34. The molecule has 0 saturated heterocycles. The number of ether oxygens (including phenoxy) is 1. The number of carbonyl (C=O) groups is 2. The van der Waals surface area contributed by atoms with Gasteiger partial charge in [-0.05, 0) is 12.0 Å². The van der Waals surface area contributed by atoms with Crippen LogP contribution in [0, 0.1) is 5.92 Å². The first kappa shape index (κ1) is 16.3. The zero-order valence-corrected chi connectivity index (χ0v) is 11.7. The van der Waals surface area contributed by atoms with Crippen LogP contribution in [0.25, 0.3) is 0 Å². The summed E-state index contributed by atoms with van der Waals surface area (Å²) in [4.78, 5) is 22.3. The van der Waals surface area contributed by atoms with Crippen LogP contribution < -0.4 is 0 Å². The fourth-order valence-electron chi connectivity index (χ4n) is 1.60. The zero-order chi connectivity index (χ0) is 15.0. The average molecular weight is 299 g/mol. The molecule has 7 heteroatoms. The molecule has 0 aromatic heterocycles. The Hall–Kier alpha value is -1.78. The van der Waals surface area contributed by atoms with Gasteiger partial charge in [0, 0.05) is 6.42 Å². The molecule has 0 spiro atoms. The van der Waals surface area contributed by atoms with Crippen molar-refractivity contribution in [2.24, 2.45) is 5.92 Å². The Morgan fingerprint density at radius 3 is 2.45 bits per heavy atom. The van der Waals surface area contributed by atoms with E-state index in [4.69, 9.17) is 9.84 Å². The van der Waals surface area contributed by atoms with E-state index in [9.17, 15) is 19.3 Å². The molecule has 2 unspecified atom stereocenters. The van der Waals surface area contributed by atoms with E-state index in [0.29, 0.717) is 0 Å². The smallest absolute Gasteiger partial charge is 0.357 e. The predicted octanol–water partition coefficient (Wildman–Crippen LogP) is 1.55. The van der Waals surface area contributed by atoms with Crippen LogP contribution >= 0.6 is 8.46 Å². The highest BCUT2D eigenvalue weighted by Crippen LogP contribution is 2.22. The van der Waals surface area contributed by atoms with Gasteiger partial charge >= 0.3 is 20.4 Å². The summed E-state index contributed by atoms with van der Waals surface area (Å²) in [5.74, 6) is -4.33. The summed E-state index contributed by atoms with van der Waals surface area (Å²) in [6, 6.07) is 8.94. The summed E-state index contributed by atoms with van der Waals surface area (Å²) < 4.78 is 15.7. The van der Waals surface area contributed by atoms with E-state index in [1.807, 2.05) is 6.07 Å². The average Bonchev–Trinajstić information content (AvgIpc) is 2.45. The van der Waals surface area contributed by atoms with E-state index in [0.717, 1.165) is 5.56 Å². The number of aliphatic carboxylic acids is 1. The summed E-state index contributed by atoms with van der Waals surface area (Å²) in [5, 5.41) is 18.1. The second-order valence-corrected chi connectivity index (χ2v) is 5.02. The molecule has 3 atom stereocenters. The number of rotatable bonds is 8. The number of carboxylic acid groups (broad SMARTS) is 1. The van der Waals surface area contributed by atoms with E-state index in [2.05, 4.69) is 0 Å². The molecule has 0 heterocycles. The third-order valence-corrected chi connectivity index (χ3v) is 3.34. The van der Waals surface area contributed by atoms with Crippen LogP contribution in [-0.4, -0.2) is 28.0 Å². The fourth-order valence-corrected chi connectivity index (χ4v) is 2.07. The minimum atomic E-state index is -1.40. The third-order valence-electron chi connectivity index (χ3n) is 2.70. The van der Waals surface area contributed by atoms with Crippen molar-refractivity contribution in [3.63, 3.8) is 0 Å². The van der Waals surface area contributed by atoms with Crippen LogP contribution in [0.15, 0.2) is 30.3 Å². The van der Waals surface area contributed by atoms with Crippen molar-refractivity contribution in [2.75, 3.05) is 0 Å². The Bertz CT molecular complexity index is 461. The SMILES string of the molecule is O=[PH+][C@H](O)C(CCC(=O)O)C(=O)OCc1ccccc1. The molecule has 0 fully saturated rings. The standard InChI is InChI=1S/C13H15O6P/c14-11(15)7-6-10(13(17)20-18)12(16)19-8-9-4-2-1-3-5-9/h1-5,10,13,17H,6-8H2,(H,14,15)/p+1/t10?,13-/m0/s1. The number of hydrogen-bond acceptors (Lipinski definition) is 5. The lowest BCUT2D eigenvalue weighted by atomic mass is 10.0. The number of esters is 1. The molecule has 0 aliphatic carbocycles. The number of carbonyl (C=O) groups excluding carboxylic acids is 1. The molecule has 0 aliphatic heterocycles. The monoisotopic (exact) mass is 299 g/mol. The van der Waals surface area contributed by atoms with Gasteiger partial charge in [0.25, 0.3) is 5.85 Å². The summed E-state index contributed by atoms with van der Waals surface area (Å²) in [6.07, 6.45) is -0.411. The first-order valence-corrected chi connectivity index (χ1v) is 7.01. The van der Waals surface area contributed by atoms with Crippen LogP contribution in [0.1, 0.15) is 18.4 Å². The quantitative estimate of drug-likeness (QED) is 0.558. The van der Waals surface area contributed by atoms with Crippen LogP contribution in [0.2, 0.25) is 0 Å². The van der Waals surface area contributed by atoms with Crippen molar-refractivity contribution in [1.29, 1.82) is 0 Å². The van der Waals surface area contributed by atoms with Gasteiger partial charge in [-0.3, -0.25) is 9.59 Å². The van der Waals surface area contributed by atoms with Gasteiger partial charge in [0.05, 0.1) is 0 Å². The van der Waals surface area contributed by atoms with E-state index in [-0.39, 0.29) is 19.4 Å². The maximum absolute atomic E-state index is 11.8. The van der Waals surface area contributed by atoms with Gasteiger partial charge in [-0.15, -0.1) is 0 Å². The molecular weight excluding hydrogens is 283 g/mol. The second-order valence-electron chi connectivity index (χ2n) is 4.19. The highest BCUT2D eigenvalue weighted by atomic mass is 31.1. The summed E-state index contributed by atoms with van der Waals surface area (Å²) >= 11 is 0. The van der Waals surface area contributed by atoms with E-state index in [1.54, 1.807) is 24.3 Å². The Labute approximate surface area is 117 Å². The lowest BCUT2D eigenvalue weighted by molar-refractivity contribution is -0.152. The van der Waals surface area contributed by atoms with E-state index >= 15 is 0 Å². The molecule has 0 saturated carbocycles. The summed E-state index contributed by atoms with van der Waals surface area (Å²) in [6.45, 7) is 0.0257. The molecule has 0 amide bonds. The lowest BCUT2D eigenvalue weighted by Crippen LogP contribution is -2.27. The van der Waals surface area contributed by atoms with Crippen LogP contribution in [0.4, 0.5) is 0 Å². The number of hydrogen-bond donors (Lipinski definition) is 2. The first-order valence-electron chi connectivity index (χ1n) is 6.02. The number of aliphatic hydroxyl groups is 1. The minimum Gasteiger partial charge on any atom is -0.481 e. The van der Waals surface area contributed by atoms with Gasteiger partial charge in [-0.25, -0.2) is 0 Å². The molecule has 0 radical (unpaired) electrons. The molecule has 1 rings (SSSR count). The maximum Gasteiger partial charge on any atom is 0.357 e. The fraction of sp³-hybridized carbons (Fsp3) is 0.385. The predicted molar refractivity (Wildman–Crippen MR) is 71.6 cm³/mol. The molecule has 6 nitrogen and oxygen atoms in total. The number of aliphatic hydroxyl groups excluding tert-OH is 1. The van der Waals surface area contributed by atoms with Gasteiger partial charge in [0.15, 0.2) is 0 Å². The number of benzene rings is 1. The Morgan fingerprint density at radius 1 is 1.25 bits per heavy atom. The topological polar surface area (TPSA) is 101 Å². The second kappa shape index (κ2) is 8.40. The highest BCUT2D eigenvalue weighted by molar-refractivity contribution is 7.24. The van der Waals surface area contributed by atoms with Crippen molar-refractivity contribution < 1.29 is 29.1 Å². The van der Waals surface area contributed by atoms with Crippen molar-refractivity contribution in [3.05, 3.63) is 35.9 Å². The molecule has 20 heavy (non-hydrogen) atoms. The molecule has 0 aliphatic rings. The summed E-state index contributed by atoms with van der Waals surface area (Å²) in [7, 11) is -1.11. The Morgan fingerprint density at radius 2 is 1.90 bits per heavy atom. The van der Waals surface area contributed by atoms with Gasteiger partial charge in [0.2, 0.25) is 0 Å². The van der Waals surface area contributed by atoms with Gasteiger partial charge in [0.1, 0.15) is 12.5 Å². The Balaban J connectivity index is 2.58. The van der Waals surface area contributed by atoms with Crippen molar-refractivity contribution in [1.82, 2.24) is 0 Å². The van der Waals surface area contributed by atoms with Gasteiger partial charge < -0.3 is 14.9 Å². The van der Waals surface area contributed by atoms with Crippen molar-refractivity contribution in [3.8, 4) is 0 Å². The van der Waals surface area contributed by atoms with Crippen molar-refractivity contribution in [2.45, 2.75) is 25.3 Å². The molecule has 2 N–H and O–H groups in total. The van der Waals surface area contributed by atoms with Crippen LogP contribution in [-0.2, 0) is 25.5 Å². The maximum atomic E-state index is 11.8. The van der Waals surface area contributed by atoms with Crippen LogP contribution in [0.5, 0.6) is 0 Å². The van der Waals surface area contributed by atoms with Gasteiger partial charge in [-0.1, -0.05) is 34.9 Å². The Kier molecular flexibility index (Phi) is 6.84. The third kappa shape index (κ3) is 5.47. The number of carboxylic acids is 1. The lowest BCUT2D eigenvalue weighted by Gasteiger charge is -2.13. The normalized spacial score (nSPS) is 13.7. The molecule has 1 aromatic carbocycles. The van der Waals surface area contributed by atoms with E-state index in [1.165, 1.54) is 0 Å². The zero-order valence-electron chi connectivity index (χ0n) is 10.7. The summed E-state index contributed by atoms with van der Waals surface area (Å²) in [5.41, 5.74) is 0.775. The molecule has 0 bridgehead atoms.